The number of hydrogen-bond acceptors (Lipinski definition) is 6. The van der Waals surface area contributed by atoms with E-state index in [0.717, 1.165) is 11.1 Å². The van der Waals surface area contributed by atoms with Gasteiger partial charge in [-0.3, -0.25) is 14.4 Å². The zero-order valence-corrected chi connectivity index (χ0v) is 23.1. The zero-order valence-electron chi connectivity index (χ0n) is 23.1. The molecule has 1 N–H and O–H groups in total. The van der Waals surface area contributed by atoms with Crippen LogP contribution in [0.1, 0.15) is 43.4 Å². The number of nitrogens with zero attached hydrogens (tertiary/aromatic N) is 1. The molecule has 208 valence electrons. The van der Waals surface area contributed by atoms with Crippen molar-refractivity contribution in [2.24, 2.45) is 5.92 Å². The molecule has 4 aromatic rings. The van der Waals surface area contributed by atoms with Crippen LogP contribution in [-0.2, 0) is 10.2 Å². The zero-order chi connectivity index (χ0) is 29.0. The summed E-state index contributed by atoms with van der Waals surface area (Å²) < 4.78 is 10.9. The number of methoxy groups -OCH3 is 2. The summed E-state index contributed by atoms with van der Waals surface area (Å²) in [6.07, 6.45) is 3.81. The van der Waals surface area contributed by atoms with Gasteiger partial charge in [-0.1, -0.05) is 66.7 Å². The first-order valence-corrected chi connectivity index (χ1v) is 13.8. The molecule has 1 saturated heterocycles. The van der Waals surface area contributed by atoms with Crippen LogP contribution in [0.4, 0.5) is 5.69 Å². The Bertz CT molecular complexity index is 1800. The van der Waals surface area contributed by atoms with Crippen LogP contribution in [-0.4, -0.2) is 42.6 Å². The van der Waals surface area contributed by atoms with Gasteiger partial charge in [0.2, 0.25) is 5.91 Å². The molecular formula is C35H28N2O5. The van der Waals surface area contributed by atoms with E-state index in [1.165, 1.54) is 0 Å². The number of ketones is 2. The number of hydrogen-bond donors (Lipinski definition) is 1. The van der Waals surface area contributed by atoms with Gasteiger partial charge in [0.15, 0.2) is 11.6 Å². The first-order valence-electron chi connectivity index (χ1n) is 13.8. The highest BCUT2D eigenvalue weighted by molar-refractivity contribution is 6.16. The highest BCUT2D eigenvalue weighted by Crippen LogP contribution is 2.62. The van der Waals surface area contributed by atoms with Gasteiger partial charge in [-0.15, -0.1) is 0 Å². The molecule has 0 radical (unpaired) electrons. The van der Waals surface area contributed by atoms with Crippen molar-refractivity contribution in [1.29, 1.82) is 0 Å². The van der Waals surface area contributed by atoms with E-state index in [4.69, 9.17) is 9.47 Å². The molecule has 3 aliphatic heterocycles. The second-order valence-corrected chi connectivity index (χ2v) is 10.8. The van der Waals surface area contributed by atoms with Gasteiger partial charge < -0.3 is 19.7 Å². The molecule has 1 spiro atoms. The lowest BCUT2D eigenvalue weighted by Crippen LogP contribution is -2.49. The molecule has 1 fully saturated rings. The normalized spacial score (nSPS) is 23.1. The maximum absolute atomic E-state index is 14.9. The maximum atomic E-state index is 14.9. The van der Waals surface area contributed by atoms with Crippen LogP contribution in [0.25, 0.3) is 6.08 Å². The van der Waals surface area contributed by atoms with Crippen molar-refractivity contribution in [3.63, 3.8) is 0 Å². The molecule has 7 heteroatoms. The van der Waals surface area contributed by atoms with Crippen LogP contribution in [0, 0.1) is 5.92 Å². The smallest absolute Gasteiger partial charge is 0.238 e. The topological polar surface area (TPSA) is 84.9 Å². The van der Waals surface area contributed by atoms with Crippen LogP contribution < -0.4 is 14.8 Å². The van der Waals surface area contributed by atoms with Crippen LogP contribution in [0.5, 0.6) is 11.5 Å². The Labute approximate surface area is 243 Å². The van der Waals surface area contributed by atoms with Gasteiger partial charge in [-0.05, 0) is 53.1 Å². The van der Waals surface area contributed by atoms with E-state index in [9.17, 15) is 14.4 Å². The lowest BCUT2D eigenvalue weighted by atomic mass is 9.62. The van der Waals surface area contributed by atoms with Gasteiger partial charge >= 0.3 is 0 Å². The SMILES string of the molecule is COc1cccc(C(=O)C2C(C(=O)c3cccc(OC)c3)C3(C(=O)Nc4ccccc43)C3c4ccccc4C=CN23)c1. The Balaban J connectivity index is 1.53. The quantitative estimate of drug-likeness (QED) is 0.308. The van der Waals surface area contributed by atoms with E-state index >= 15 is 0 Å². The molecule has 4 unspecified atom stereocenters. The van der Waals surface area contributed by atoms with Gasteiger partial charge in [-0.25, -0.2) is 0 Å². The molecule has 0 aliphatic carbocycles. The van der Waals surface area contributed by atoms with E-state index in [2.05, 4.69) is 5.32 Å². The highest BCUT2D eigenvalue weighted by Gasteiger charge is 2.70. The molecular weight excluding hydrogens is 528 g/mol. The molecule has 1 amide bonds. The number of carbonyl (C=O) groups excluding carboxylic acids is 3. The molecule has 4 aromatic carbocycles. The second-order valence-electron chi connectivity index (χ2n) is 10.8. The van der Waals surface area contributed by atoms with Crippen molar-refractivity contribution < 1.29 is 23.9 Å². The lowest BCUT2D eigenvalue weighted by molar-refractivity contribution is -0.122. The van der Waals surface area contributed by atoms with E-state index in [-0.39, 0.29) is 17.5 Å². The predicted octanol–water partition coefficient (Wildman–Crippen LogP) is 5.69. The average molecular weight is 557 g/mol. The Morgan fingerprint density at radius 2 is 1.43 bits per heavy atom. The minimum absolute atomic E-state index is 0.266. The molecule has 3 aliphatic rings. The Hall–Kier alpha value is -5.17. The monoisotopic (exact) mass is 556 g/mol. The number of nitrogens with one attached hydrogen (secondary N) is 1. The number of anilines is 1. The van der Waals surface area contributed by atoms with E-state index < -0.39 is 23.4 Å². The largest absolute Gasteiger partial charge is 0.497 e. The van der Waals surface area contributed by atoms with Crippen molar-refractivity contribution >= 4 is 29.2 Å². The average Bonchev–Trinajstić information content (AvgIpc) is 3.52. The molecule has 0 aromatic heterocycles. The Kier molecular flexibility index (Phi) is 5.97. The summed E-state index contributed by atoms with van der Waals surface area (Å²) in [5, 5.41) is 3.07. The molecule has 4 atom stereocenters. The van der Waals surface area contributed by atoms with E-state index in [1.54, 1.807) is 62.8 Å². The minimum Gasteiger partial charge on any atom is -0.497 e. The minimum atomic E-state index is -1.39. The maximum Gasteiger partial charge on any atom is 0.238 e. The van der Waals surface area contributed by atoms with Crippen molar-refractivity contribution in [2.45, 2.75) is 17.5 Å². The van der Waals surface area contributed by atoms with Crippen molar-refractivity contribution in [2.75, 3.05) is 19.5 Å². The molecule has 0 bridgehead atoms. The number of amides is 1. The fourth-order valence-electron chi connectivity index (χ4n) is 7.07. The summed E-state index contributed by atoms with van der Waals surface area (Å²) in [7, 11) is 3.09. The second kappa shape index (κ2) is 9.73. The van der Waals surface area contributed by atoms with E-state index in [0.29, 0.717) is 33.9 Å². The van der Waals surface area contributed by atoms with Gasteiger partial charge in [-0.2, -0.15) is 0 Å². The number of benzene rings is 4. The highest BCUT2D eigenvalue weighted by atomic mass is 16.5. The third-order valence-corrected chi connectivity index (χ3v) is 8.83. The molecule has 42 heavy (non-hydrogen) atoms. The van der Waals surface area contributed by atoms with Gasteiger partial charge in [0.05, 0.1) is 26.2 Å². The number of rotatable bonds is 6. The van der Waals surface area contributed by atoms with Crippen molar-refractivity contribution in [3.05, 3.63) is 131 Å². The number of fused-ring (bicyclic) bond motifs is 6. The summed E-state index contributed by atoms with van der Waals surface area (Å²) in [6.45, 7) is 0. The summed E-state index contributed by atoms with van der Waals surface area (Å²) in [5.41, 5.74) is 2.56. The van der Waals surface area contributed by atoms with Gasteiger partial charge in [0.1, 0.15) is 23.0 Å². The standard InChI is InChI=1S/C35H28N2O5/c1-41-24-12-7-10-22(19-24)31(38)29-30(32(39)23-11-8-13-25(20-23)42-2)37-18-17-21-9-3-4-14-26(21)33(37)35(29)27-15-5-6-16-28(27)36-34(35)40/h3-20,29-30,33H,1-2H3,(H,36,40). The van der Waals surface area contributed by atoms with Crippen LogP contribution in [0.15, 0.2) is 103 Å². The number of ether oxygens (including phenoxy) is 2. The first kappa shape index (κ1) is 25.8. The number of carbonyl (C=O) groups is 3. The summed E-state index contributed by atoms with van der Waals surface area (Å²) in [6, 6.07) is 27.6. The summed E-state index contributed by atoms with van der Waals surface area (Å²) in [5.74, 6) is -0.883. The molecule has 3 heterocycles. The Morgan fingerprint density at radius 1 is 0.786 bits per heavy atom. The fourth-order valence-corrected chi connectivity index (χ4v) is 7.07. The Morgan fingerprint density at radius 3 is 2.14 bits per heavy atom. The molecule has 7 rings (SSSR count). The number of Topliss-reactive ketones (excluding diaryl/α,β-unsaturated/α-hetero) is 2. The summed E-state index contributed by atoms with van der Waals surface area (Å²) >= 11 is 0. The van der Waals surface area contributed by atoms with Crippen LogP contribution in [0.2, 0.25) is 0 Å². The van der Waals surface area contributed by atoms with E-state index in [1.807, 2.05) is 65.7 Å². The lowest BCUT2D eigenvalue weighted by Gasteiger charge is -2.38. The van der Waals surface area contributed by atoms with Crippen molar-refractivity contribution in [1.82, 2.24) is 4.90 Å². The predicted molar refractivity (Wildman–Crippen MR) is 159 cm³/mol. The van der Waals surface area contributed by atoms with Gasteiger partial charge in [0.25, 0.3) is 0 Å². The van der Waals surface area contributed by atoms with Crippen LogP contribution >= 0.6 is 0 Å². The molecule has 7 nitrogen and oxygen atoms in total. The number of para-hydroxylation sites is 1. The van der Waals surface area contributed by atoms with Gasteiger partial charge in [0, 0.05) is 23.0 Å². The van der Waals surface area contributed by atoms with Crippen molar-refractivity contribution in [3.8, 4) is 11.5 Å². The molecule has 0 saturated carbocycles. The summed E-state index contributed by atoms with van der Waals surface area (Å²) in [4.78, 5) is 46.0. The van der Waals surface area contributed by atoms with Crippen LogP contribution in [0.3, 0.4) is 0 Å². The first-order chi connectivity index (χ1) is 20.5. The third-order valence-electron chi connectivity index (χ3n) is 8.83. The fraction of sp³-hybridized carbons (Fsp3) is 0.171. The third kappa shape index (κ3) is 3.56.